The van der Waals surface area contributed by atoms with E-state index < -0.39 is 18.6 Å². The van der Waals surface area contributed by atoms with Crippen molar-refractivity contribution in [2.75, 3.05) is 0 Å². The molecule has 2 N–H and O–H groups in total. The van der Waals surface area contributed by atoms with Gasteiger partial charge in [0.2, 0.25) is 0 Å². The lowest BCUT2D eigenvalue weighted by Crippen LogP contribution is -2.22. The molecule has 1 rings (SSSR count). The standard InChI is InChI=1S/C8H12F3N3/c1-2-14-7(3-4-13-14)6(12)5-8(9,10)11/h3-4,6H,2,5,12H2,1H3/t6-/m0/s1. The van der Waals surface area contributed by atoms with E-state index in [0.29, 0.717) is 12.2 Å². The van der Waals surface area contributed by atoms with Crippen molar-refractivity contribution in [3.63, 3.8) is 0 Å². The first-order valence-corrected chi connectivity index (χ1v) is 4.28. The van der Waals surface area contributed by atoms with Gasteiger partial charge >= 0.3 is 6.18 Å². The van der Waals surface area contributed by atoms with Crippen LogP contribution in [0.5, 0.6) is 0 Å². The van der Waals surface area contributed by atoms with E-state index in [9.17, 15) is 13.2 Å². The Hall–Kier alpha value is -1.04. The molecule has 0 spiro atoms. The molecule has 0 radical (unpaired) electrons. The maximum Gasteiger partial charge on any atom is 0.390 e. The van der Waals surface area contributed by atoms with Gasteiger partial charge in [0.25, 0.3) is 0 Å². The predicted octanol–water partition coefficient (Wildman–Crippen LogP) is 1.86. The molecule has 1 heterocycles. The normalized spacial score (nSPS) is 14.4. The lowest BCUT2D eigenvalue weighted by atomic mass is 10.1. The Bertz CT molecular complexity index is 292. The molecule has 1 atom stereocenters. The first kappa shape index (κ1) is 11.0. The van der Waals surface area contributed by atoms with Crippen molar-refractivity contribution < 1.29 is 13.2 Å². The maximum atomic E-state index is 12.0. The summed E-state index contributed by atoms with van der Waals surface area (Å²) < 4.78 is 37.5. The summed E-state index contributed by atoms with van der Waals surface area (Å²) in [5, 5.41) is 3.86. The van der Waals surface area contributed by atoms with Crippen molar-refractivity contribution in [3.8, 4) is 0 Å². The Kier molecular flexibility index (Phi) is 3.15. The van der Waals surface area contributed by atoms with Crippen LogP contribution in [0.4, 0.5) is 13.2 Å². The average molecular weight is 207 g/mol. The molecule has 0 aliphatic rings. The number of nitrogens with zero attached hydrogens (tertiary/aromatic N) is 2. The molecule has 0 aromatic carbocycles. The van der Waals surface area contributed by atoms with Crippen molar-refractivity contribution in [1.82, 2.24) is 9.78 Å². The number of hydrogen-bond donors (Lipinski definition) is 1. The Morgan fingerprint density at radius 1 is 1.57 bits per heavy atom. The molecular weight excluding hydrogens is 195 g/mol. The third-order valence-electron chi connectivity index (χ3n) is 1.88. The summed E-state index contributed by atoms with van der Waals surface area (Å²) in [5.74, 6) is 0. The summed E-state index contributed by atoms with van der Waals surface area (Å²) >= 11 is 0. The summed E-state index contributed by atoms with van der Waals surface area (Å²) in [4.78, 5) is 0. The van der Waals surface area contributed by atoms with Gasteiger partial charge < -0.3 is 5.73 Å². The van der Waals surface area contributed by atoms with E-state index in [1.54, 1.807) is 6.92 Å². The molecule has 0 fully saturated rings. The van der Waals surface area contributed by atoms with Crippen LogP contribution in [0.3, 0.4) is 0 Å². The van der Waals surface area contributed by atoms with Crippen molar-refractivity contribution in [1.29, 1.82) is 0 Å². The van der Waals surface area contributed by atoms with E-state index in [4.69, 9.17) is 5.73 Å². The quantitative estimate of drug-likeness (QED) is 0.822. The molecule has 0 unspecified atom stereocenters. The Morgan fingerprint density at radius 3 is 2.71 bits per heavy atom. The fraction of sp³-hybridized carbons (Fsp3) is 0.625. The van der Waals surface area contributed by atoms with Crippen LogP contribution in [0.2, 0.25) is 0 Å². The number of halogens is 3. The Morgan fingerprint density at radius 2 is 2.21 bits per heavy atom. The van der Waals surface area contributed by atoms with Gasteiger partial charge in [-0.25, -0.2) is 0 Å². The van der Waals surface area contributed by atoms with Gasteiger partial charge in [-0.05, 0) is 13.0 Å². The van der Waals surface area contributed by atoms with Gasteiger partial charge in [-0.3, -0.25) is 4.68 Å². The summed E-state index contributed by atoms with van der Waals surface area (Å²) in [6.45, 7) is 2.32. The number of nitrogens with two attached hydrogens (primary N) is 1. The van der Waals surface area contributed by atoms with E-state index in [-0.39, 0.29) is 0 Å². The number of aromatic nitrogens is 2. The van der Waals surface area contributed by atoms with Crippen LogP contribution >= 0.6 is 0 Å². The summed E-state index contributed by atoms with van der Waals surface area (Å²) in [5.41, 5.74) is 5.84. The topological polar surface area (TPSA) is 43.8 Å². The summed E-state index contributed by atoms with van der Waals surface area (Å²) in [7, 11) is 0. The van der Waals surface area contributed by atoms with Gasteiger partial charge in [0, 0.05) is 12.7 Å². The molecular formula is C8H12F3N3. The molecule has 3 nitrogen and oxygen atoms in total. The van der Waals surface area contributed by atoms with Gasteiger partial charge in [0.1, 0.15) is 0 Å². The molecule has 6 heteroatoms. The largest absolute Gasteiger partial charge is 0.390 e. The fourth-order valence-electron chi connectivity index (χ4n) is 1.28. The highest BCUT2D eigenvalue weighted by Crippen LogP contribution is 2.27. The highest BCUT2D eigenvalue weighted by Gasteiger charge is 2.31. The average Bonchev–Trinajstić information content (AvgIpc) is 2.47. The number of alkyl halides is 3. The first-order chi connectivity index (χ1) is 6.44. The lowest BCUT2D eigenvalue weighted by molar-refractivity contribution is -0.138. The number of aryl methyl sites for hydroxylation is 1. The highest BCUT2D eigenvalue weighted by molar-refractivity contribution is 5.06. The van der Waals surface area contributed by atoms with Crippen LogP contribution < -0.4 is 5.73 Å². The van der Waals surface area contributed by atoms with E-state index in [2.05, 4.69) is 5.10 Å². The zero-order valence-corrected chi connectivity index (χ0v) is 7.75. The van der Waals surface area contributed by atoms with Crippen molar-refractivity contribution in [2.24, 2.45) is 5.73 Å². The highest BCUT2D eigenvalue weighted by atomic mass is 19.4. The lowest BCUT2D eigenvalue weighted by Gasteiger charge is -2.15. The minimum Gasteiger partial charge on any atom is -0.322 e. The van der Waals surface area contributed by atoms with Crippen molar-refractivity contribution in [2.45, 2.75) is 32.1 Å². The third-order valence-corrected chi connectivity index (χ3v) is 1.88. The zero-order valence-electron chi connectivity index (χ0n) is 7.75. The predicted molar refractivity (Wildman–Crippen MR) is 45.5 cm³/mol. The second-order valence-electron chi connectivity index (χ2n) is 3.00. The second kappa shape index (κ2) is 4.00. The van der Waals surface area contributed by atoms with Crippen LogP contribution in [0.25, 0.3) is 0 Å². The Labute approximate surface area is 79.7 Å². The van der Waals surface area contributed by atoms with Crippen molar-refractivity contribution >= 4 is 0 Å². The minimum atomic E-state index is -4.23. The third kappa shape index (κ3) is 2.73. The van der Waals surface area contributed by atoms with Gasteiger partial charge in [-0.15, -0.1) is 0 Å². The minimum absolute atomic E-state index is 0.421. The summed E-state index contributed by atoms with van der Waals surface area (Å²) in [6, 6.07) is 0.484. The number of rotatable bonds is 3. The zero-order chi connectivity index (χ0) is 10.8. The molecule has 1 aromatic rings. The smallest absolute Gasteiger partial charge is 0.322 e. The van der Waals surface area contributed by atoms with E-state index in [0.717, 1.165) is 0 Å². The molecule has 0 saturated heterocycles. The van der Waals surface area contributed by atoms with Crippen LogP contribution in [-0.4, -0.2) is 16.0 Å². The van der Waals surface area contributed by atoms with Crippen LogP contribution in [0, 0.1) is 0 Å². The van der Waals surface area contributed by atoms with Crippen LogP contribution in [-0.2, 0) is 6.54 Å². The van der Waals surface area contributed by atoms with Gasteiger partial charge in [0.15, 0.2) is 0 Å². The fourth-order valence-corrected chi connectivity index (χ4v) is 1.28. The maximum absolute atomic E-state index is 12.0. The van der Waals surface area contributed by atoms with E-state index in [1.807, 2.05) is 0 Å². The molecule has 0 aliphatic heterocycles. The van der Waals surface area contributed by atoms with E-state index in [1.165, 1.54) is 16.9 Å². The van der Waals surface area contributed by atoms with Gasteiger partial charge in [0.05, 0.1) is 18.2 Å². The molecule has 80 valence electrons. The van der Waals surface area contributed by atoms with Crippen LogP contribution in [0.1, 0.15) is 25.1 Å². The molecule has 14 heavy (non-hydrogen) atoms. The van der Waals surface area contributed by atoms with Crippen LogP contribution in [0.15, 0.2) is 12.3 Å². The first-order valence-electron chi connectivity index (χ1n) is 4.28. The molecule has 0 saturated carbocycles. The van der Waals surface area contributed by atoms with Crippen molar-refractivity contribution in [3.05, 3.63) is 18.0 Å². The number of hydrogen-bond acceptors (Lipinski definition) is 2. The Balaban J connectivity index is 2.74. The summed E-state index contributed by atoms with van der Waals surface area (Å²) in [6.07, 6.45) is -3.80. The monoisotopic (exact) mass is 207 g/mol. The van der Waals surface area contributed by atoms with E-state index >= 15 is 0 Å². The SMILES string of the molecule is CCn1nccc1[C@@H](N)CC(F)(F)F. The molecule has 0 aliphatic carbocycles. The molecule has 1 aromatic heterocycles. The van der Waals surface area contributed by atoms with Gasteiger partial charge in [-0.1, -0.05) is 0 Å². The molecule has 0 bridgehead atoms. The van der Waals surface area contributed by atoms with Gasteiger partial charge in [-0.2, -0.15) is 18.3 Å². The molecule has 0 amide bonds. The second-order valence-corrected chi connectivity index (χ2v) is 3.00.